The lowest BCUT2D eigenvalue weighted by Gasteiger charge is -2.31. The predicted molar refractivity (Wildman–Crippen MR) is 64.2 cm³/mol. The lowest BCUT2D eigenvalue weighted by Crippen LogP contribution is -2.47. The lowest BCUT2D eigenvalue weighted by atomic mass is 9.85. The van der Waals surface area contributed by atoms with Crippen molar-refractivity contribution in [3.8, 4) is 0 Å². The molecule has 0 aromatic rings. The van der Waals surface area contributed by atoms with Crippen LogP contribution in [0.2, 0.25) is 0 Å². The van der Waals surface area contributed by atoms with Crippen LogP contribution in [0.5, 0.6) is 0 Å². The molecule has 3 N–H and O–H groups in total. The summed E-state index contributed by atoms with van der Waals surface area (Å²) in [5, 5.41) is 2.94. The monoisotopic (exact) mass is 228 g/mol. The molecule has 1 aliphatic rings. The van der Waals surface area contributed by atoms with Crippen molar-refractivity contribution in [2.24, 2.45) is 11.1 Å². The Morgan fingerprint density at radius 1 is 1.56 bits per heavy atom. The molecular formula is C12H24N2O2. The van der Waals surface area contributed by atoms with E-state index in [0.29, 0.717) is 6.54 Å². The van der Waals surface area contributed by atoms with Gasteiger partial charge >= 0.3 is 6.09 Å². The van der Waals surface area contributed by atoms with Gasteiger partial charge in [-0.05, 0) is 40.2 Å². The van der Waals surface area contributed by atoms with E-state index in [2.05, 4.69) is 12.2 Å². The van der Waals surface area contributed by atoms with E-state index in [0.717, 1.165) is 19.3 Å². The van der Waals surface area contributed by atoms with Gasteiger partial charge in [-0.3, -0.25) is 0 Å². The largest absolute Gasteiger partial charge is 0.444 e. The lowest BCUT2D eigenvalue weighted by molar-refractivity contribution is 0.0469. The molecule has 0 heterocycles. The molecule has 0 unspecified atom stereocenters. The fraction of sp³-hybridized carbons (Fsp3) is 0.917. The molecule has 2 atom stereocenters. The third-order valence-corrected chi connectivity index (χ3v) is 3.24. The predicted octanol–water partition coefficient (Wildman–Crippen LogP) is 2.03. The van der Waals surface area contributed by atoms with E-state index in [1.54, 1.807) is 0 Å². The zero-order chi connectivity index (χ0) is 12.4. The highest BCUT2D eigenvalue weighted by molar-refractivity contribution is 5.68. The molecule has 4 nitrogen and oxygen atoms in total. The van der Waals surface area contributed by atoms with E-state index >= 15 is 0 Å². The van der Waals surface area contributed by atoms with Gasteiger partial charge in [0.05, 0.1) is 0 Å². The number of amides is 1. The summed E-state index contributed by atoms with van der Waals surface area (Å²) in [5.74, 6) is 0. The SMILES string of the molecule is CC(C)(C)OC(=O)N[C@@H]1CCC[C@@]1(C)CN. The van der Waals surface area contributed by atoms with Gasteiger partial charge in [0, 0.05) is 11.5 Å². The van der Waals surface area contributed by atoms with Gasteiger partial charge in [0.2, 0.25) is 0 Å². The average molecular weight is 228 g/mol. The Labute approximate surface area is 97.9 Å². The van der Waals surface area contributed by atoms with Gasteiger partial charge in [-0.15, -0.1) is 0 Å². The summed E-state index contributed by atoms with van der Waals surface area (Å²) < 4.78 is 5.25. The van der Waals surface area contributed by atoms with Crippen LogP contribution in [0.1, 0.15) is 47.0 Å². The van der Waals surface area contributed by atoms with Gasteiger partial charge in [0.1, 0.15) is 5.60 Å². The Morgan fingerprint density at radius 2 is 2.19 bits per heavy atom. The Morgan fingerprint density at radius 3 is 2.69 bits per heavy atom. The van der Waals surface area contributed by atoms with Crippen molar-refractivity contribution < 1.29 is 9.53 Å². The highest BCUT2D eigenvalue weighted by atomic mass is 16.6. The van der Waals surface area contributed by atoms with Crippen molar-refractivity contribution in [3.63, 3.8) is 0 Å². The summed E-state index contributed by atoms with van der Waals surface area (Å²) in [5.41, 5.74) is 5.35. The topological polar surface area (TPSA) is 64.3 Å². The minimum Gasteiger partial charge on any atom is -0.444 e. The van der Waals surface area contributed by atoms with Crippen LogP contribution in [0, 0.1) is 5.41 Å². The molecule has 0 saturated heterocycles. The first-order chi connectivity index (χ1) is 7.27. The molecule has 0 aliphatic heterocycles. The molecule has 1 fully saturated rings. The maximum Gasteiger partial charge on any atom is 0.407 e. The smallest absolute Gasteiger partial charge is 0.407 e. The highest BCUT2D eigenvalue weighted by Crippen LogP contribution is 2.36. The normalized spacial score (nSPS) is 30.2. The quantitative estimate of drug-likeness (QED) is 0.760. The van der Waals surface area contributed by atoms with Crippen LogP contribution in [0.25, 0.3) is 0 Å². The van der Waals surface area contributed by atoms with Crippen molar-refractivity contribution in [2.75, 3.05) is 6.54 Å². The molecule has 16 heavy (non-hydrogen) atoms. The van der Waals surface area contributed by atoms with Crippen molar-refractivity contribution in [1.29, 1.82) is 0 Å². The second-order valence-corrected chi connectivity index (χ2v) is 5.95. The standard InChI is InChI=1S/C12H24N2O2/c1-11(2,3)16-10(15)14-9-6-5-7-12(9,4)8-13/h9H,5-8,13H2,1-4H3,(H,14,15)/t9-,12+/m1/s1. The fourth-order valence-electron chi connectivity index (χ4n) is 2.17. The van der Waals surface area contributed by atoms with Crippen LogP contribution in [0.3, 0.4) is 0 Å². The van der Waals surface area contributed by atoms with E-state index in [1.807, 2.05) is 20.8 Å². The summed E-state index contributed by atoms with van der Waals surface area (Å²) in [7, 11) is 0. The molecule has 1 aliphatic carbocycles. The van der Waals surface area contributed by atoms with Crippen LogP contribution in [-0.4, -0.2) is 24.3 Å². The van der Waals surface area contributed by atoms with E-state index in [1.165, 1.54) is 0 Å². The summed E-state index contributed by atoms with van der Waals surface area (Å²) in [6.45, 7) is 8.32. The number of hydrogen-bond acceptors (Lipinski definition) is 3. The number of nitrogens with two attached hydrogens (primary N) is 1. The molecule has 0 radical (unpaired) electrons. The molecule has 0 spiro atoms. The number of alkyl carbamates (subject to hydrolysis) is 1. The van der Waals surface area contributed by atoms with Crippen LogP contribution >= 0.6 is 0 Å². The van der Waals surface area contributed by atoms with Gasteiger partial charge in [-0.25, -0.2) is 4.79 Å². The maximum absolute atomic E-state index is 11.6. The van der Waals surface area contributed by atoms with Gasteiger partial charge in [0.15, 0.2) is 0 Å². The highest BCUT2D eigenvalue weighted by Gasteiger charge is 2.39. The number of carbonyl (C=O) groups is 1. The Kier molecular flexibility index (Phi) is 3.84. The number of carbonyl (C=O) groups excluding carboxylic acids is 1. The van der Waals surface area contributed by atoms with E-state index in [-0.39, 0.29) is 17.6 Å². The fourth-order valence-corrected chi connectivity index (χ4v) is 2.17. The maximum atomic E-state index is 11.6. The first-order valence-corrected chi connectivity index (χ1v) is 5.96. The third-order valence-electron chi connectivity index (χ3n) is 3.24. The van der Waals surface area contributed by atoms with Crippen molar-refractivity contribution in [1.82, 2.24) is 5.32 Å². The van der Waals surface area contributed by atoms with Crippen molar-refractivity contribution >= 4 is 6.09 Å². The summed E-state index contributed by atoms with van der Waals surface area (Å²) in [6, 6.07) is 0.146. The summed E-state index contributed by atoms with van der Waals surface area (Å²) in [6.07, 6.45) is 2.85. The molecule has 0 bridgehead atoms. The Hall–Kier alpha value is -0.770. The average Bonchev–Trinajstić information content (AvgIpc) is 2.45. The molecule has 94 valence electrons. The van der Waals surface area contributed by atoms with Crippen LogP contribution < -0.4 is 11.1 Å². The number of rotatable bonds is 2. The van der Waals surface area contributed by atoms with Crippen molar-refractivity contribution in [3.05, 3.63) is 0 Å². The molecule has 1 rings (SSSR count). The van der Waals surface area contributed by atoms with Gasteiger partial charge in [0.25, 0.3) is 0 Å². The molecule has 0 aromatic carbocycles. The van der Waals surface area contributed by atoms with E-state index in [9.17, 15) is 4.79 Å². The van der Waals surface area contributed by atoms with Gasteiger partial charge in [-0.2, -0.15) is 0 Å². The second-order valence-electron chi connectivity index (χ2n) is 5.95. The van der Waals surface area contributed by atoms with Crippen LogP contribution in [0.15, 0.2) is 0 Å². The van der Waals surface area contributed by atoms with Crippen LogP contribution in [-0.2, 0) is 4.74 Å². The molecular weight excluding hydrogens is 204 g/mol. The summed E-state index contributed by atoms with van der Waals surface area (Å²) >= 11 is 0. The van der Waals surface area contributed by atoms with Crippen molar-refractivity contribution in [2.45, 2.75) is 58.6 Å². The van der Waals surface area contributed by atoms with Crippen LogP contribution in [0.4, 0.5) is 4.79 Å². The third kappa shape index (κ3) is 3.37. The first-order valence-electron chi connectivity index (χ1n) is 5.96. The van der Waals surface area contributed by atoms with E-state index in [4.69, 9.17) is 10.5 Å². The number of ether oxygens (including phenoxy) is 1. The second kappa shape index (κ2) is 4.62. The van der Waals surface area contributed by atoms with E-state index < -0.39 is 5.60 Å². The zero-order valence-corrected chi connectivity index (χ0v) is 10.8. The minimum absolute atomic E-state index is 0.0247. The first kappa shape index (κ1) is 13.3. The number of hydrogen-bond donors (Lipinski definition) is 2. The molecule has 0 aromatic heterocycles. The molecule has 1 saturated carbocycles. The van der Waals surface area contributed by atoms with Gasteiger partial charge in [-0.1, -0.05) is 13.3 Å². The minimum atomic E-state index is -0.443. The summed E-state index contributed by atoms with van der Waals surface area (Å²) in [4.78, 5) is 11.6. The Bertz CT molecular complexity index is 260. The molecule has 1 amide bonds. The zero-order valence-electron chi connectivity index (χ0n) is 10.8. The Balaban J connectivity index is 2.51. The van der Waals surface area contributed by atoms with Gasteiger partial charge < -0.3 is 15.8 Å². The number of nitrogens with one attached hydrogen (secondary N) is 1. The molecule has 4 heteroatoms.